The minimum absolute atomic E-state index is 0.00588. The van der Waals surface area contributed by atoms with Crippen molar-refractivity contribution >= 4 is 28.7 Å². The van der Waals surface area contributed by atoms with Crippen LogP contribution in [-0.4, -0.2) is 22.8 Å². The van der Waals surface area contributed by atoms with Gasteiger partial charge in [0.1, 0.15) is 10.8 Å². The van der Waals surface area contributed by atoms with E-state index in [2.05, 4.69) is 10.3 Å². The summed E-state index contributed by atoms with van der Waals surface area (Å²) in [5.41, 5.74) is 2.62. The maximum absolute atomic E-state index is 12.3. The molecule has 29 heavy (non-hydrogen) atoms. The van der Waals surface area contributed by atoms with Gasteiger partial charge in [0.2, 0.25) is 0 Å². The summed E-state index contributed by atoms with van der Waals surface area (Å²) >= 11 is 1.36. The number of anilines is 1. The fourth-order valence-corrected chi connectivity index (χ4v) is 3.66. The summed E-state index contributed by atoms with van der Waals surface area (Å²) in [6, 6.07) is 15.9. The summed E-state index contributed by atoms with van der Waals surface area (Å²) < 4.78 is 5.71. The van der Waals surface area contributed by atoms with Gasteiger partial charge in [0.05, 0.1) is 22.2 Å². The first-order chi connectivity index (χ1) is 13.9. The van der Waals surface area contributed by atoms with Gasteiger partial charge >= 0.3 is 0 Å². The number of benzene rings is 2. The Morgan fingerprint density at radius 2 is 1.93 bits per heavy atom. The number of thiazole rings is 1. The molecule has 6 nitrogen and oxygen atoms in total. The number of carbonyl (C=O) groups is 2. The smallest absolute Gasteiger partial charge is 0.265 e. The third-order valence-electron chi connectivity index (χ3n) is 4.16. The number of carbonyl (C=O) groups excluding carboxylic acids is 2. The molecule has 0 aliphatic heterocycles. The van der Waals surface area contributed by atoms with Crippen molar-refractivity contribution in [2.24, 2.45) is 0 Å². The molecule has 0 spiro atoms. The predicted molar refractivity (Wildman–Crippen MR) is 112 cm³/mol. The summed E-state index contributed by atoms with van der Waals surface area (Å²) in [7, 11) is 0. The quantitative estimate of drug-likeness (QED) is 0.605. The fraction of sp³-hybridized carbons (Fsp3) is 0.182. The van der Waals surface area contributed by atoms with Crippen LogP contribution in [0.4, 0.5) is 5.69 Å². The summed E-state index contributed by atoms with van der Waals surface area (Å²) in [6.07, 6.45) is -0.724. The molecule has 3 aromatic rings. The minimum atomic E-state index is -0.724. The third-order valence-corrected chi connectivity index (χ3v) is 5.47. The zero-order chi connectivity index (χ0) is 21.0. The molecule has 0 saturated carbocycles. The predicted octanol–water partition coefficient (Wildman–Crippen LogP) is 4.60. The second-order valence-electron chi connectivity index (χ2n) is 6.46. The Morgan fingerprint density at radius 3 is 2.55 bits per heavy atom. The molecule has 0 fully saturated rings. The molecule has 0 aliphatic carbocycles. The van der Waals surface area contributed by atoms with Gasteiger partial charge in [0, 0.05) is 18.2 Å². The van der Waals surface area contributed by atoms with E-state index in [9.17, 15) is 9.59 Å². The Hall–Kier alpha value is -3.50. The van der Waals surface area contributed by atoms with Gasteiger partial charge in [0.15, 0.2) is 11.9 Å². The van der Waals surface area contributed by atoms with Crippen molar-refractivity contribution < 1.29 is 14.3 Å². The van der Waals surface area contributed by atoms with Crippen molar-refractivity contribution in [3.05, 3.63) is 64.7 Å². The highest BCUT2D eigenvalue weighted by Crippen LogP contribution is 2.29. The first kappa shape index (κ1) is 20.2. The lowest BCUT2D eigenvalue weighted by atomic mass is 10.2. The number of nitriles is 1. The number of hydrogen-bond acceptors (Lipinski definition) is 6. The monoisotopic (exact) mass is 405 g/mol. The first-order valence-corrected chi connectivity index (χ1v) is 9.75. The number of aryl methyl sites for hydroxylation is 1. The molecule has 146 valence electrons. The van der Waals surface area contributed by atoms with Crippen LogP contribution in [0.3, 0.4) is 0 Å². The number of nitrogens with one attached hydrogen (secondary N) is 1. The summed E-state index contributed by atoms with van der Waals surface area (Å²) in [6.45, 7) is 5.01. The van der Waals surface area contributed by atoms with E-state index in [0.717, 1.165) is 16.3 Å². The van der Waals surface area contributed by atoms with E-state index < -0.39 is 6.10 Å². The van der Waals surface area contributed by atoms with Crippen molar-refractivity contribution in [2.75, 3.05) is 5.32 Å². The number of ether oxygens (including phenoxy) is 1. The van der Waals surface area contributed by atoms with Gasteiger partial charge in [-0.15, -0.1) is 11.3 Å². The maximum atomic E-state index is 12.3. The molecule has 0 unspecified atom stereocenters. The second-order valence-corrected chi connectivity index (χ2v) is 7.46. The molecule has 1 atom stereocenters. The zero-order valence-electron chi connectivity index (χ0n) is 16.2. The summed E-state index contributed by atoms with van der Waals surface area (Å²) in [4.78, 5) is 29.1. The molecule has 1 aromatic heterocycles. The lowest BCUT2D eigenvalue weighted by Gasteiger charge is -2.15. The second kappa shape index (κ2) is 8.67. The van der Waals surface area contributed by atoms with Gasteiger partial charge in [-0.2, -0.15) is 5.26 Å². The highest BCUT2D eigenvalue weighted by atomic mass is 32.1. The molecule has 2 aromatic carbocycles. The van der Waals surface area contributed by atoms with Gasteiger partial charge in [-0.1, -0.05) is 6.07 Å². The van der Waals surface area contributed by atoms with E-state index in [1.54, 1.807) is 43.3 Å². The number of Topliss-reactive ketones (excluding diaryl/α,β-unsaturated/α-hetero) is 1. The van der Waals surface area contributed by atoms with Crippen LogP contribution in [0.1, 0.15) is 34.8 Å². The normalized spacial score (nSPS) is 11.4. The molecule has 1 heterocycles. The van der Waals surface area contributed by atoms with Crippen LogP contribution in [0.2, 0.25) is 0 Å². The molecule has 0 saturated heterocycles. The number of hydrogen-bond donors (Lipinski definition) is 1. The topological polar surface area (TPSA) is 92.1 Å². The highest BCUT2D eigenvalue weighted by molar-refractivity contribution is 7.17. The van der Waals surface area contributed by atoms with Crippen LogP contribution in [-0.2, 0) is 4.79 Å². The highest BCUT2D eigenvalue weighted by Gasteiger charge is 2.16. The molecule has 7 heteroatoms. The summed E-state index contributed by atoms with van der Waals surface area (Å²) in [5, 5.41) is 12.4. The van der Waals surface area contributed by atoms with Crippen LogP contribution in [0.25, 0.3) is 10.6 Å². The first-order valence-electron chi connectivity index (χ1n) is 8.94. The average molecular weight is 405 g/mol. The van der Waals surface area contributed by atoms with Crippen molar-refractivity contribution in [1.29, 1.82) is 5.26 Å². The fourth-order valence-electron chi connectivity index (χ4n) is 2.69. The minimum Gasteiger partial charge on any atom is -0.481 e. The summed E-state index contributed by atoms with van der Waals surface area (Å²) in [5.74, 6) is 0.236. The van der Waals surface area contributed by atoms with E-state index in [1.165, 1.54) is 18.3 Å². The Balaban J connectivity index is 1.65. The Morgan fingerprint density at radius 1 is 1.21 bits per heavy atom. The van der Waals surface area contributed by atoms with Gasteiger partial charge < -0.3 is 10.1 Å². The maximum Gasteiger partial charge on any atom is 0.265 e. The Kier molecular flexibility index (Phi) is 6.05. The number of nitrogens with zero attached hydrogens (tertiary/aromatic N) is 2. The number of rotatable bonds is 6. The molecular weight excluding hydrogens is 386 g/mol. The van der Waals surface area contributed by atoms with Crippen molar-refractivity contribution in [2.45, 2.75) is 26.9 Å². The van der Waals surface area contributed by atoms with Gasteiger partial charge in [-0.05, 0) is 56.3 Å². The van der Waals surface area contributed by atoms with Crippen LogP contribution >= 0.6 is 11.3 Å². The molecule has 0 radical (unpaired) electrons. The van der Waals surface area contributed by atoms with Crippen LogP contribution < -0.4 is 10.1 Å². The molecular formula is C22H19N3O3S. The van der Waals surface area contributed by atoms with Crippen LogP contribution in [0, 0.1) is 18.3 Å². The van der Waals surface area contributed by atoms with E-state index in [4.69, 9.17) is 10.00 Å². The molecule has 0 aliphatic rings. The lowest BCUT2D eigenvalue weighted by molar-refractivity contribution is -0.122. The van der Waals surface area contributed by atoms with E-state index in [1.807, 2.05) is 25.1 Å². The standard InChI is InChI=1S/C22H19N3O3S/c1-13-20(14(2)26)29-22(24-13)17-7-9-19(10-8-17)28-15(3)21(27)25-18-6-4-5-16(11-18)12-23/h4-11,15H,1-3H3,(H,25,27)/t15-/m1/s1. The van der Waals surface area contributed by atoms with Gasteiger partial charge in [-0.3, -0.25) is 9.59 Å². The third kappa shape index (κ3) is 4.86. The van der Waals surface area contributed by atoms with Crippen molar-refractivity contribution in [3.8, 4) is 22.4 Å². The van der Waals surface area contributed by atoms with Crippen LogP contribution in [0.15, 0.2) is 48.5 Å². The molecule has 1 amide bonds. The number of amides is 1. The van der Waals surface area contributed by atoms with E-state index >= 15 is 0 Å². The zero-order valence-corrected chi connectivity index (χ0v) is 17.0. The van der Waals surface area contributed by atoms with E-state index in [-0.39, 0.29) is 11.7 Å². The molecule has 0 bridgehead atoms. The van der Waals surface area contributed by atoms with Crippen molar-refractivity contribution in [3.63, 3.8) is 0 Å². The number of ketones is 1. The lowest BCUT2D eigenvalue weighted by Crippen LogP contribution is -2.30. The van der Waals surface area contributed by atoms with Gasteiger partial charge in [-0.25, -0.2) is 4.98 Å². The molecule has 1 N–H and O–H groups in total. The van der Waals surface area contributed by atoms with E-state index in [0.29, 0.717) is 21.9 Å². The average Bonchev–Trinajstić information content (AvgIpc) is 3.10. The van der Waals surface area contributed by atoms with Gasteiger partial charge in [0.25, 0.3) is 5.91 Å². The Labute approximate surface area is 172 Å². The molecule has 3 rings (SSSR count). The van der Waals surface area contributed by atoms with Crippen LogP contribution in [0.5, 0.6) is 5.75 Å². The number of aromatic nitrogens is 1. The Bertz CT molecular complexity index is 1100. The SMILES string of the molecule is CC(=O)c1sc(-c2ccc(O[C@H](C)C(=O)Nc3cccc(C#N)c3)cc2)nc1C. The largest absolute Gasteiger partial charge is 0.481 e. The van der Waals surface area contributed by atoms with Crippen molar-refractivity contribution in [1.82, 2.24) is 4.98 Å².